The molecule has 0 unspecified atom stereocenters. The summed E-state index contributed by atoms with van der Waals surface area (Å²) in [6.45, 7) is -0.549. The van der Waals surface area contributed by atoms with Crippen molar-refractivity contribution in [3.8, 4) is 17.3 Å². The molecule has 1 N–H and O–H groups in total. The van der Waals surface area contributed by atoms with Crippen LogP contribution in [0.1, 0.15) is 5.56 Å². The summed E-state index contributed by atoms with van der Waals surface area (Å²) < 4.78 is 13.3. The summed E-state index contributed by atoms with van der Waals surface area (Å²) >= 11 is 15.7. The number of anilines is 1. The number of para-hydroxylation sites is 1. The van der Waals surface area contributed by atoms with Crippen LogP contribution in [0.3, 0.4) is 0 Å². The Labute approximate surface area is 271 Å². The average molecular weight is 707 g/mol. The number of halogens is 3. The Morgan fingerprint density at radius 2 is 1.87 bits per heavy atom. The third-order valence-electron chi connectivity index (χ3n) is 6.49. The summed E-state index contributed by atoms with van der Waals surface area (Å²) in [4.78, 5) is 41.8. The number of hydrogen-bond acceptors (Lipinski definition) is 8. The topological polar surface area (TPSA) is 142 Å². The molecule has 0 aliphatic rings. The normalized spacial score (nSPS) is 11.4. The lowest BCUT2D eigenvalue weighted by Crippen LogP contribution is -2.20. The Balaban J connectivity index is 1.34. The molecule has 0 atom stereocenters. The van der Waals surface area contributed by atoms with Gasteiger partial charge in [-0.2, -0.15) is 9.78 Å². The lowest BCUT2D eigenvalue weighted by atomic mass is 10.2. The fourth-order valence-electron chi connectivity index (χ4n) is 4.46. The number of ether oxygens (including phenoxy) is 1. The van der Waals surface area contributed by atoms with Gasteiger partial charge in [-0.3, -0.25) is 19.7 Å². The number of rotatable bonds is 8. The number of furan rings is 1. The van der Waals surface area contributed by atoms with Crippen LogP contribution in [0.5, 0.6) is 5.75 Å². The summed E-state index contributed by atoms with van der Waals surface area (Å²) in [7, 11) is 0. The summed E-state index contributed by atoms with van der Waals surface area (Å²) in [6, 6.07) is 22.9. The fraction of sp³-hybridized carbons (Fsp3) is 0.0323. The van der Waals surface area contributed by atoms with Crippen molar-refractivity contribution in [3.63, 3.8) is 0 Å². The van der Waals surface area contributed by atoms with Gasteiger partial charge >= 0.3 is 5.69 Å². The van der Waals surface area contributed by atoms with E-state index < -0.39 is 28.7 Å². The highest BCUT2D eigenvalue weighted by Gasteiger charge is 2.22. The molecule has 45 heavy (non-hydrogen) atoms. The number of nitrogens with zero attached hydrogens (tertiary/aromatic N) is 4. The molecule has 0 saturated carbocycles. The van der Waals surface area contributed by atoms with Crippen molar-refractivity contribution in [1.29, 1.82) is 0 Å². The van der Waals surface area contributed by atoms with E-state index in [4.69, 9.17) is 32.4 Å². The van der Waals surface area contributed by atoms with E-state index >= 15 is 0 Å². The molecule has 224 valence electrons. The van der Waals surface area contributed by atoms with Gasteiger partial charge in [0, 0.05) is 32.2 Å². The molecule has 0 aliphatic carbocycles. The van der Waals surface area contributed by atoms with E-state index in [2.05, 4.69) is 31.3 Å². The van der Waals surface area contributed by atoms with Gasteiger partial charge in [-0.15, -0.1) is 0 Å². The van der Waals surface area contributed by atoms with Crippen LogP contribution in [-0.4, -0.2) is 33.3 Å². The van der Waals surface area contributed by atoms with Crippen molar-refractivity contribution >= 4 is 84.5 Å². The second kappa shape index (κ2) is 12.5. The largest absolute Gasteiger partial charge is 0.476 e. The van der Waals surface area contributed by atoms with Crippen LogP contribution < -0.4 is 15.6 Å². The zero-order chi connectivity index (χ0) is 31.7. The molecule has 14 heteroatoms. The Morgan fingerprint density at radius 3 is 2.64 bits per heavy atom. The first-order chi connectivity index (χ1) is 21.7. The van der Waals surface area contributed by atoms with Crippen LogP contribution >= 0.6 is 39.1 Å². The van der Waals surface area contributed by atoms with Gasteiger partial charge in [0.1, 0.15) is 5.58 Å². The molecule has 0 saturated heterocycles. The second-order valence-corrected chi connectivity index (χ2v) is 11.3. The number of nitrogens with one attached hydrogen (secondary N) is 1. The lowest BCUT2D eigenvalue weighted by Gasteiger charge is -2.10. The van der Waals surface area contributed by atoms with E-state index in [0.717, 1.165) is 14.5 Å². The number of benzene rings is 4. The first-order valence-electron chi connectivity index (χ1n) is 13.1. The lowest BCUT2D eigenvalue weighted by molar-refractivity contribution is -0.385. The number of hydrogen-bond donors (Lipinski definition) is 1. The highest BCUT2D eigenvalue weighted by Crippen LogP contribution is 2.36. The average Bonchev–Trinajstić information content (AvgIpc) is 3.44. The molecule has 4 aromatic carbocycles. The summed E-state index contributed by atoms with van der Waals surface area (Å²) in [5.74, 6) is -0.465. The number of fused-ring (bicyclic) bond motifs is 2. The molecule has 1 amide bonds. The Kier molecular flexibility index (Phi) is 8.35. The Hall–Kier alpha value is -5.04. The molecule has 2 aromatic heterocycles. The van der Waals surface area contributed by atoms with Crippen molar-refractivity contribution in [2.45, 2.75) is 0 Å². The maximum absolute atomic E-state index is 13.6. The molecule has 0 spiro atoms. The van der Waals surface area contributed by atoms with Crippen LogP contribution in [0.2, 0.25) is 10.0 Å². The van der Waals surface area contributed by atoms with E-state index in [0.29, 0.717) is 27.2 Å². The number of carbonyl (C=O) groups is 1. The molecule has 2 heterocycles. The van der Waals surface area contributed by atoms with E-state index in [1.54, 1.807) is 60.7 Å². The van der Waals surface area contributed by atoms with E-state index in [-0.39, 0.29) is 27.9 Å². The van der Waals surface area contributed by atoms with Crippen molar-refractivity contribution < 1.29 is 18.9 Å². The molecule has 6 aromatic rings. The van der Waals surface area contributed by atoms with Crippen LogP contribution in [-0.2, 0) is 4.79 Å². The molecule has 11 nitrogen and oxygen atoms in total. The van der Waals surface area contributed by atoms with Crippen molar-refractivity contribution in [2.24, 2.45) is 5.10 Å². The van der Waals surface area contributed by atoms with Gasteiger partial charge < -0.3 is 14.5 Å². The zero-order valence-corrected chi connectivity index (χ0v) is 25.8. The molecule has 0 bridgehead atoms. The molecule has 0 fully saturated rings. The zero-order valence-electron chi connectivity index (χ0n) is 22.7. The van der Waals surface area contributed by atoms with Crippen molar-refractivity contribution in [1.82, 2.24) is 9.66 Å². The molecular formula is C31H18BrCl2N5O6. The minimum Gasteiger partial charge on any atom is -0.476 e. The number of nitro benzene ring substituents is 1. The van der Waals surface area contributed by atoms with Gasteiger partial charge in [-0.1, -0.05) is 51.3 Å². The van der Waals surface area contributed by atoms with Crippen LogP contribution in [0.4, 0.5) is 11.4 Å². The monoisotopic (exact) mass is 705 g/mol. The molecule has 6 rings (SSSR count). The number of aromatic nitrogens is 2. The van der Waals surface area contributed by atoms with Crippen LogP contribution in [0.25, 0.3) is 33.5 Å². The first-order valence-corrected chi connectivity index (χ1v) is 14.6. The smallest absolute Gasteiger partial charge is 0.313 e. The highest BCUT2D eigenvalue weighted by molar-refractivity contribution is 9.10. The van der Waals surface area contributed by atoms with Gasteiger partial charge in [0.2, 0.25) is 11.6 Å². The number of carbonyl (C=O) groups excluding carboxylic acids is 1. The summed E-state index contributed by atoms with van der Waals surface area (Å²) in [6.07, 6.45) is 1.23. The number of amides is 1. The minimum atomic E-state index is -0.697. The third-order valence-corrected chi connectivity index (χ3v) is 7.52. The van der Waals surface area contributed by atoms with E-state index in [9.17, 15) is 19.7 Å². The minimum absolute atomic E-state index is 0.120. The van der Waals surface area contributed by atoms with Crippen LogP contribution in [0, 0.1) is 10.1 Å². The van der Waals surface area contributed by atoms with Gasteiger partial charge in [0.05, 0.1) is 27.1 Å². The summed E-state index contributed by atoms with van der Waals surface area (Å²) in [5.41, 5.74) is 0.672. The SMILES string of the molecule is O=C(COc1c(Cl)cc(C=Nn2c(-c3cc4cc(Br)ccc4o3)nc3ccccc3c2=O)cc1[N+](=O)[O-])Nc1ccc(Cl)cc1. The van der Waals surface area contributed by atoms with Gasteiger partial charge in [0.15, 0.2) is 12.4 Å². The van der Waals surface area contributed by atoms with Crippen molar-refractivity contribution in [3.05, 3.63) is 125 Å². The van der Waals surface area contributed by atoms with Gasteiger partial charge in [0.25, 0.3) is 11.5 Å². The fourth-order valence-corrected chi connectivity index (χ4v) is 5.24. The van der Waals surface area contributed by atoms with Gasteiger partial charge in [-0.25, -0.2) is 4.98 Å². The quantitative estimate of drug-likeness (QED) is 0.0972. The maximum atomic E-state index is 13.6. The molecule has 0 radical (unpaired) electrons. The van der Waals surface area contributed by atoms with Crippen LogP contribution in [0.15, 0.2) is 104 Å². The predicted octanol–water partition coefficient (Wildman–Crippen LogP) is 7.69. The highest BCUT2D eigenvalue weighted by atomic mass is 79.9. The Bertz CT molecular complexity index is 2220. The second-order valence-electron chi connectivity index (χ2n) is 9.56. The maximum Gasteiger partial charge on any atom is 0.313 e. The van der Waals surface area contributed by atoms with Gasteiger partial charge in [-0.05, 0) is 66.7 Å². The number of nitro groups is 1. The molecule has 0 aliphatic heterocycles. The summed E-state index contributed by atoms with van der Waals surface area (Å²) in [5, 5.41) is 20.3. The van der Waals surface area contributed by atoms with E-state index in [1.807, 2.05) is 12.1 Å². The van der Waals surface area contributed by atoms with Crippen molar-refractivity contribution in [2.75, 3.05) is 11.9 Å². The Morgan fingerprint density at radius 1 is 1.09 bits per heavy atom. The first kappa shape index (κ1) is 30.0. The molecular weight excluding hydrogens is 689 g/mol. The van der Waals surface area contributed by atoms with E-state index in [1.165, 1.54) is 18.3 Å². The predicted molar refractivity (Wildman–Crippen MR) is 176 cm³/mol. The third kappa shape index (κ3) is 6.43. The standard InChI is InChI=1S/C31H18BrCl2N5O6/c32-19-5-10-26-18(13-19)14-27(45-26)30-37-24-4-2-1-3-22(24)31(41)38(30)35-15-17-11-23(34)29(25(12-17)39(42)43)44-16-28(40)36-21-8-6-20(33)7-9-21/h1-15H,16H2,(H,36,40).